The Kier molecular flexibility index (Phi) is 5.18. The van der Waals surface area contributed by atoms with Crippen molar-refractivity contribution < 1.29 is 23.1 Å². The van der Waals surface area contributed by atoms with Gasteiger partial charge in [0.15, 0.2) is 0 Å². The van der Waals surface area contributed by atoms with Gasteiger partial charge in [0.2, 0.25) is 0 Å². The monoisotopic (exact) mass is 419 g/mol. The summed E-state index contributed by atoms with van der Waals surface area (Å²) in [5, 5.41) is 8.90. The van der Waals surface area contributed by atoms with Gasteiger partial charge in [0.05, 0.1) is 23.4 Å². The molecular weight excluding hydrogens is 410 g/mol. The molecule has 23 heavy (non-hydrogen) atoms. The van der Waals surface area contributed by atoms with E-state index in [1.54, 1.807) is 12.1 Å². The lowest BCUT2D eigenvalue weighted by Gasteiger charge is -2.13. The highest BCUT2D eigenvalue weighted by Gasteiger charge is 2.21. The fraction of sp³-hybridized carbons (Fsp3) is 0.0714. The average molecular weight is 421 g/mol. The van der Waals surface area contributed by atoms with E-state index >= 15 is 0 Å². The van der Waals surface area contributed by atoms with E-state index in [4.69, 9.17) is 21.4 Å². The maximum absolute atomic E-state index is 12.5. The van der Waals surface area contributed by atoms with Gasteiger partial charge in [-0.05, 0) is 36.4 Å². The molecule has 0 heterocycles. The number of halogens is 2. The van der Waals surface area contributed by atoms with Gasteiger partial charge in [-0.2, -0.15) is 0 Å². The summed E-state index contributed by atoms with van der Waals surface area (Å²) in [6.45, 7) is 0. The molecule has 0 saturated heterocycles. The Morgan fingerprint density at radius 1 is 1.26 bits per heavy atom. The van der Waals surface area contributed by atoms with Crippen LogP contribution in [0.3, 0.4) is 0 Å². The molecule has 0 spiro atoms. The molecule has 0 aromatic heterocycles. The number of methoxy groups -OCH3 is 1. The minimum absolute atomic E-state index is 0.0866. The van der Waals surface area contributed by atoms with Crippen LogP contribution in [0.25, 0.3) is 0 Å². The van der Waals surface area contributed by atoms with Gasteiger partial charge in [0, 0.05) is 4.47 Å². The fourth-order valence-electron chi connectivity index (χ4n) is 1.80. The summed E-state index contributed by atoms with van der Waals surface area (Å²) in [6.07, 6.45) is 0. The van der Waals surface area contributed by atoms with E-state index in [-0.39, 0.29) is 21.2 Å². The number of carbonyl (C=O) groups is 1. The highest BCUT2D eigenvalue weighted by molar-refractivity contribution is 9.10. The van der Waals surface area contributed by atoms with Crippen molar-refractivity contribution in [3.8, 4) is 5.75 Å². The third-order valence-corrected chi connectivity index (χ3v) is 5.21. The lowest BCUT2D eigenvalue weighted by atomic mass is 10.2. The Bertz CT molecular complexity index is 869. The Morgan fingerprint density at radius 2 is 1.96 bits per heavy atom. The van der Waals surface area contributed by atoms with Gasteiger partial charge in [0.25, 0.3) is 10.0 Å². The molecule has 0 aliphatic carbocycles. The second kappa shape index (κ2) is 6.77. The average Bonchev–Trinajstić information content (AvgIpc) is 2.47. The number of carboxylic acids is 1. The predicted molar refractivity (Wildman–Crippen MR) is 89.9 cm³/mol. The van der Waals surface area contributed by atoms with E-state index in [1.807, 2.05) is 0 Å². The molecule has 0 bridgehead atoms. The van der Waals surface area contributed by atoms with Crippen LogP contribution in [0.15, 0.2) is 45.8 Å². The molecule has 122 valence electrons. The summed E-state index contributed by atoms with van der Waals surface area (Å²) >= 11 is 9.14. The summed E-state index contributed by atoms with van der Waals surface area (Å²) in [5.74, 6) is -0.944. The minimum Gasteiger partial charge on any atom is -0.495 e. The van der Waals surface area contributed by atoms with Crippen LogP contribution in [0.4, 0.5) is 5.69 Å². The molecule has 0 unspecified atom stereocenters. The van der Waals surface area contributed by atoms with Crippen molar-refractivity contribution in [3.63, 3.8) is 0 Å². The number of aromatic carboxylic acids is 1. The molecule has 0 amide bonds. The summed E-state index contributed by atoms with van der Waals surface area (Å²) in [6, 6.07) is 8.23. The highest BCUT2D eigenvalue weighted by Crippen LogP contribution is 2.31. The van der Waals surface area contributed by atoms with Crippen LogP contribution in [0.1, 0.15) is 10.4 Å². The van der Waals surface area contributed by atoms with Crippen LogP contribution < -0.4 is 9.46 Å². The van der Waals surface area contributed by atoms with E-state index < -0.39 is 16.0 Å². The van der Waals surface area contributed by atoms with Crippen LogP contribution in [-0.4, -0.2) is 26.6 Å². The second-order valence-electron chi connectivity index (χ2n) is 4.40. The molecule has 0 radical (unpaired) electrons. The minimum atomic E-state index is -4.10. The molecule has 0 aliphatic rings. The Hall–Kier alpha value is -1.77. The zero-order chi connectivity index (χ0) is 17.2. The zero-order valence-corrected chi connectivity index (χ0v) is 14.9. The standard InChI is InChI=1S/C14H11BrClNO5S/c1-22-12-5-3-9(15)7-11(12)17-23(20,21)13-6-8(14(18)19)2-4-10(13)16/h2-7,17H,1H3,(H,18,19). The van der Waals surface area contributed by atoms with Gasteiger partial charge >= 0.3 is 5.97 Å². The number of carboxylic acid groups (broad SMARTS) is 1. The second-order valence-corrected chi connectivity index (χ2v) is 7.37. The molecule has 0 aliphatic heterocycles. The van der Waals surface area contributed by atoms with Gasteiger partial charge in [-0.15, -0.1) is 0 Å². The first-order valence-electron chi connectivity index (χ1n) is 6.14. The van der Waals surface area contributed by atoms with Crippen LogP contribution in [0.5, 0.6) is 5.75 Å². The van der Waals surface area contributed by atoms with Gasteiger partial charge in [-0.3, -0.25) is 4.72 Å². The molecule has 2 rings (SSSR count). The number of hydrogen-bond acceptors (Lipinski definition) is 4. The number of rotatable bonds is 5. The number of ether oxygens (including phenoxy) is 1. The van der Waals surface area contributed by atoms with Gasteiger partial charge in [-0.25, -0.2) is 13.2 Å². The smallest absolute Gasteiger partial charge is 0.335 e. The van der Waals surface area contributed by atoms with E-state index in [9.17, 15) is 13.2 Å². The van der Waals surface area contributed by atoms with Crippen LogP contribution >= 0.6 is 27.5 Å². The Morgan fingerprint density at radius 3 is 2.57 bits per heavy atom. The molecule has 9 heteroatoms. The quantitative estimate of drug-likeness (QED) is 0.771. The number of anilines is 1. The highest BCUT2D eigenvalue weighted by atomic mass is 79.9. The van der Waals surface area contributed by atoms with Crippen LogP contribution in [0, 0.1) is 0 Å². The number of hydrogen-bond donors (Lipinski definition) is 2. The third-order valence-electron chi connectivity index (χ3n) is 2.87. The Balaban J connectivity index is 2.50. The number of sulfonamides is 1. The summed E-state index contributed by atoms with van der Waals surface area (Å²) in [5.41, 5.74) is 0.00894. The van der Waals surface area contributed by atoms with Crippen molar-refractivity contribution in [2.24, 2.45) is 0 Å². The maximum atomic E-state index is 12.5. The van der Waals surface area contributed by atoms with Gasteiger partial charge in [-0.1, -0.05) is 27.5 Å². The van der Waals surface area contributed by atoms with Crippen molar-refractivity contribution in [2.45, 2.75) is 4.90 Å². The first-order valence-corrected chi connectivity index (χ1v) is 8.79. The van der Waals surface area contributed by atoms with Crippen molar-refractivity contribution in [1.29, 1.82) is 0 Å². The SMILES string of the molecule is COc1ccc(Br)cc1NS(=O)(=O)c1cc(C(=O)O)ccc1Cl. The molecule has 2 aromatic carbocycles. The first-order chi connectivity index (χ1) is 10.7. The molecule has 2 N–H and O–H groups in total. The summed E-state index contributed by atoms with van der Waals surface area (Å²) < 4.78 is 33.1. The third kappa shape index (κ3) is 3.95. The molecule has 2 aromatic rings. The first kappa shape index (κ1) is 17.6. The van der Waals surface area contributed by atoms with E-state index in [1.165, 1.54) is 25.3 Å². The fourth-order valence-corrected chi connectivity index (χ4v) is 3.75. The topological polar surface area (TPSA) is 92.7 Å². The predicted octanol–water partition coefficient (Wildman–Crippen LogP) is 3.61. The van der Waals surface area contributed by atoms with Crippen molar-refractivity contribution in [2.75, 3.05) is 11.8 Å². The van der Waals surface area contributed by atoms with Crippen molar-refractivity contribution in [1.82, 2.24) is 0 Å². The van der Waals surface area contributed by atoms with E-state index in [2.05, 4.69) is 20.7 Å². The number of nitrogens with one attached hydrogen (secondary N) is 1. The normalized spacial score (nSPS) is 11.1. The van der Waals surface area contributed by atoms with Crippen LogP contribution in [0.2, 0.25) is 5.02 Å². The molecule has 0 atom stereocenters. The van der Waals surface area contributed by atoms with E-state index in [0.717, 1.165) is 6.07 Å². The van der Waals surface area contributed by atoms with Gasteiger partial charge < -0.3 is 9.84 Å². The lowest BCUT2D eigenvalue weighted by molar-refractivity contribution is 0.0696. The lowest BCUT2D eigenvalue weighted by Crippen LogP contribution is -2.15. The maximum Gasteiger partial charge on any atom is 0.335 e. The summed E-state index contributed by atoms with van der Waals surface area (Å²) in [7, 11) is -2.69. The van der Waals surface area contributed by atoms with Crippen molar-refractivity contribution in [3.05, 3.63) is 51.5 Å². The van der Waals surface area contributed by atoms with Gasteiger partial charge in [0.1, 0.15) is 10.6 Å². The molecular formula is C14H11BrClNO5S. The number of benzene rings is 2. The largest absolute Gasteiger partial charge is 0.495 e. The zero-order valence-electron chi connectivity index (χ0n) is 11.7. The molecule has 0 fully saturated rings. The summed E-state index contributed by atoms with van der Waals surface area (Å²) in [4.78, 5) is 10.7. The van der Waals surface area contributed by atoms with Crippen molar-refractivity contribution >= 4 is 49.2 Å². The molecule has 6 nitrogen and oxygen atoms in total. The van der Waals surface area contributed by atoms with E-state index in [0.29, 0.717) is 10.2 Å². The Labute approximate surface area is 146 Å². The molecule has 0 saturated carbocycles. The van der Waals surface area contributed by atoms with Crippen LogP contribution in [-0.2, 0) is 10.0 Å².